The van der Waals surface area contributed by atoms with Gasteiger partial charge in [0.05, 0.1) is 5.56 Å². The summed E-state index contributed by atoms with van der Waals surface area (Å²) in [5.74, 6) is -0.404. The first-order chi connectivity index (χ1) is 8.25. The average molecular weight is 248 g/mol. The molecule has 0 aliphatic carbocycles. The predicted molar refractivity (Wildman–Crippen MR) is 64.8 cm³/mol. The van der Waals surface area contributed by atoms with E-state index >= 15 is 0 Å². The van der Waals surface area contributed by atoms with Gasteiger partial charge in [-0.15, -0.1) is 0 Å². The normalized spacial score (nSPS) is 9.94. The van der Waals surface area contributed by atoms with Crippen molar-refractivity contribution in [2.24, 2.45) is 0 Å². The third-order valence-electron chi connectivity index (χ3n) is 2.18. The Balaban J connectivity index is 1.98. The molecule has 0 aliphatic rings. The predicted octanol–water partition coefficient (Wildman–Crippen LogP) is 3.09. The molecular weight excluding hydrogens is 238 g/mol. The molecule has 86 valence electrons. The summed E-state index contributed by atoms with van der Waals surface area (Å²) in [6.45, 7) is 0.250. The van der Waals surface area contributed by atoms with Crippen LogP contribution in [0.1, 0.15) is 15.9 Å². The van der Waals surface area contributed by atoms with Crippen molar-refractivity contribution in [3.63, 3.8) is 0 Å². The summed E-state index contributed by atoms with van der Waals surface area (Å²) >= 11 is 5.69. The van der Waals surface area contributed by atoms with Crippen LogP contribution in [0.25, 0.3) is 0 Å². The summed E-state index contributed by atoms with van der Waals surface area (Å²) in [5, 5.41) is 0.277. The van der Waals surface area contributed by atoms with Crippen molar-refractivity contribution >= 4 is 17.6 Å². The standard InChI is InChI=1S/C13H10ClNO2/c14-12-8-11(6-7-15-12)13(16)17-9-10-4-2-1-3-5-10/h1-8H,9H2. The molecule has 1 aromatic heterocycles. The maximum atomic E-state index is 11.7. The van der Waals surface area contributed by atoms with Crippen LogP contribution in [0.15, 0.2) is 48.7 Å². The Morgan fingerprint density at radius 3 is 2.71 bits per heavy atom. The Hall–Kier alpha value is -1.87. The molecule has 2 rings (SSSR count). The number of carbonyl (C=O) groups is 1. The molecule has 1 heterocycles. The summed E-state index contributed by atoms with van der Waals surface area (Å²) in [4.78, 5) is 15.5. The molecule has 0 amide bonds. The number of aromatic nitrogens is 1. The molecule has 0 bridgehead atoms. The van der Waals surface area contributed by atoms with E-state index in [-0.39, 0.29) is 11.8 Å². The minimum absolute atomic E-state index is 0.250. The highest BCUT2D eigenvalue weighted by molar-refractivity contribution is 6.29. The highest BCUT2D eigenvalue weighted by Crippen LogP contribution is 2.09. The maximum absolute atomic E-state index is 11.7. The van der Waals surface area contributed by atoms with E-state index in [2.05, 4.69) is 4.98 Å². The van der Waals surface area contributed by atoms with E-state index in [0.717, 1.165) is 5.56 Å². The van der Waals surface area contributed by atoms with Gasteiger partial charge in [0.1, 0.15) is 11.8 Å². The van der Waals surface area contributed by atoms with Gasteiger partial charge in [0, 0.05) is 6.20 Å². The third kappa shape index (κ3) is 3.29. The molecule has 0 unspecified atom stereocenters. The Kier molecular flexibility index (Phi) is 3.73. The second kappa shape index (κ2) is 5.46. The molecule has 17 heavy (non-hydrogen) atoms. The van der Waals surface area contributed by atoms with Crippen LogP contribution in [0.5, 0.6) is 0 Å². The van der Waals surface area contributed by atoms with Crippen LogP contribution < -0.4 is 0 Å². The minimum atomic E-state index is -0.404. The number of hydrogen-bond acceptors (Lipinski definition) is 3. The van der Waals surface area contributed by atoms with Crippen LogP contribution >= 0.6 is 11.6 Å². The van der Waals surface area contributed by atoms with Crippen LogP contribution in [-0.4, -0.2) is 11.0 Å². The number of hydrogen-bond donors (Lipinski definition) is 0. The van der Waals surface area contributed by atoms with Gasteiger partial charge in [0.25, 0.3) is 0 Å². The highest BCUT2D eigenvalue weighted by atomic mass is 35.5. The van der Waals surface area contributed by atoms with E-state index in [0.29, 0.717) is 5.56 Å². The number of nitrogens with zero attached hydrogens (tertiary/aromatic N) is 1. The highest BCUT2D eigenvalue weighted by Gasteiger charge is 2.07. The number of carbonyl (C=O) groups excluding carboxylic acids is 1. The van der Waals surface area contributed by atoms with E-state index in [4.69, 9.17) is 16.3 Å². The second-order valence-electron chi connectivity index (χ2n) is 3.43. The molecule has 0 atom stereocenters. The molecule has 0 fully saturated rings. The lowest BCUT2D eigenvalue weighted by molar-refractivity contribution is 0.0472. The maximum Gasteiger partial charge on any atom is 0.338 e. The molecule has 0 saturated carbocycles. The van der Waals surface area contributed by atoms with Crippen LogP contribution in [0.3, 0.4) is 0 Å². The van der Waals surface area contributed by atoms with Gasteiger partial charge >= 0.3 is 5.97 Å². The van der Waals surface area contributed by atoms with Crippen molar-refractivity contribution in [2.45, 2.75) is 6.61 Å². The van der Waals surface area contributed by atoms with Crippen molar-refractivity contribution in [1.82, 2.24) is 4.98 Å². The average Bonchev–Trinajstić information content (AvgIpc) is 2.37. The zero-order valence-electron chi connectivity index (χ0n) is 8.97. The van der Waals surface area contributed by atoms with E-state index in [1.165, 1.54) is 12.3 Å². The van der Waals surface area contributed by atoms with Crippen molar-refractivity contribution in [3.05, 3.63) is 64.9 Å². The van der Waals surface area contributed by atoms with Gasteiger partial charge in [0.15, 0.2) is 0 Å². The van der Waals surface area contributed by atoms with E-state index in [1.807, 2.05) is 30.3 Å². The lowest BCUT2D eigenvalue weighted by Gasteiger charge is -2.04. The van der Waals surface area contributed by atoms with Gasteiger partial charge in [-0.3, -0.25) is 0 Å². The first-order valence-electron chi connectivity index (χ1n) is 5.08. The largest absolute Gasteiger partial charge is 0.457 e. The fraction of sp³-hybridized carbons (Fsp3) is 0.0769. The van der Waals surface area contributed by atoms with Crippen LogP contribution in [0.4, 0.5) is 0 Å². The third-order valence-corrected chi connectivity index (χ3v) is 2.38. The molecule has 0 radical (unpaired) electrons. The summed E-state index contributed by atoms with van der Waals surface area (Å²) in [6.07, 6.45) is 1.47. The molecule has 0 N–H and O–H groups in total. The van der Waals surface area contributed by atoms with Crippen molar-refractivity contribution in [3.8, 4) is 0 Å². The van der Waals surface area contributed by atoms with E-state index < -0.39 is 5.97 Å². The van der Waals surface area contributed by atoms with E-state index in [1.54, 1.807) is 6.07 Å². The Labute approximate surface area is 104 Å². The van der Waals surface area contributed by atoms with Gasteiger partial charge < -0.3 is 4.74 Å². The number of rotatable bonds is 3. The van der Waals surface area contributed by atoms with Gasteiger partial charge in [-0.2, -0.15) is 0 Å². The van der Waals surface area contributed by atoms with Gasteiger partial charge in [-0.25, -0.2) is 9.78 Å². The lowest BCUT2D eigenvalue weighted by Crippen LogP contribution is -2.05. The van der Waals surface area contributed by atoms with Crippen LogP contribution in [0.2, 0.25) is 5.15 Å². The molecular formula is C13H10ClNO2. The molecule has 4 heteroatoms. The summed E-state index contributed by atoms with van der Waals surface area (Å²) in [5.41, 5.74) is 1.35. The monoisotopic (exact) mass is 247 g/mol. The van der Waals surface area contributed by atoms with Crippen LogP contribution in [0, 0.1) is 0 Å². The fourth-order valence-corrected chi connectivity index (χ4v) is 1.51. The molecule has 0 aliphatic heterocycles. The number of halogens is 1. The molecule has 0 saturated heterocycles. The minimum Gasteiger partial charge on any atom is -0.457 e. The molecule has 2 aromatic rings. The first kappa shape index (κ1) is 11.6. The second-order valence-corrected chi connectivity index (χ2v) is 3.82. The number of ether oxygens (including phenoxy) is 1. The van der Waals surface area contributed by atoms with Crippen molar-refractivity contribution in [2.75, 3.05) is 0 Å². The zero-order chi connectivity index (χ0) is 12.1. The van der Waals surface area contributed by atoms with E-state index in [9.17, 15) is 4.79 Å². The van der Waals surface area contributed by atoms with Crippen molar-refractivity contribution in [1.29, 1.82) is 0 Å². The van der Waals surface area contributed by atoms with Gasteiger partial charge in [-0.05, 0) is 17.7 Å². The summed E-state index contributed by atoms with van der Waals surface area (Å²) in [6, 6.07) is 12.5. The Morgan fingerprint density at radius 1 is 1.24 bits per heavy atom. The number of pyridine rings is 1. The Bertz CT molecular complexity index is 514. The quantitative estimate of drug-likeness (QED) is 0.618. The van der Waals surface area contributed by atoms with Gasteiger partial charge in [-0.1, -0.05) is 41.9 Å². The molecule has 0 spiro atoms. The topological polar surface area (TPSA) is 39.2 Å². The fourth-order valence-electron chi connectivity index (χ4n) is 1.34. The SMILES string of the molecule is O=C(OCc1ccccc1)c1ccnc(Cl)c1. The smallest absolute Gasteiger partial charge is 0.338 e. The van der Waals surface area contributed by atoms with Crippen molar-refractivity contribution < 1.29 is 9.53 Å². The van der Waals surface area contributed by atoms with Gasteiger partial charge in [0.2, 0.25) is 0 Å². The lowest BCUT2D eigenvalue weighted by atomic mass is 10.2. The number of esters is 1. The molecule has 3 nitrogen and oxygen atoms in total. The number of benzene rings is 1. The van der Waals surface area contributed by atoms with Crippen LogP contribution in [-0.2, 0) is 11.3 Å². The summed E-state index contributed by atoms with van der Waals surface area (Å²) < 4.78 is 5.14. The Morgan fingerprint density at radius 2 is 2.00 bits per heavy atom. The molecule has 1 aromatic carbocycles. The summed E-state index contributed by atoms with van der Waals surface area (Å²) in [7, 11) is 0. The zero-order valence-corrected chi connectivity index (χ0v) is 9.72. The first-order valence-corrected chi connectivity index (χ1v) is 5.46.